The summed E-state index contributed by atoms with van der Waals surface area (Å²) in [5, 5.41) is 8.59. The largest absolute Gasteiger partial charge is 0.478 e. The van der Waals surface area contributed by atoms with Crippen LogP contribution >= 0.6 is 0 Å². The Balaban J connectivity index is 4.69. The Labute approximate surface area is 82.9 Å². The number of allylic oxidation sites excluding steroid dienone is 1. The number of ether oxygens (including phenoxy) is 1. The normalized spacial score (nSPS) is 12.5. The number of hydrogen-bond acceptors (Lipinski definition) is 3. The summed E-state index contributed by atoms with van der Waals surface area (Å²) in [7, 11) is 0. The molecule has 14 heavy (non-hydrogen) atoms. The SMILES string of the molecule is CC=C(C=C(C)C(=O)O)C(=O)OCC. The van der Waals surface area contributed by atoms with Gasteiger partial charge >= 0.3 is 11.9 Å². The highest BCUT2D eigenvalue weighted by Crippen LogP contribution is 2.05. The van der Waals surface area contributed by atoms with E-state index in [1.807, 2.05) is 0 Å². The standard InChI is InChI=1S/C10H14O4/c1-4-8(10(13)14-5-2)6-7(3)9(11)12/h4,6H,5H2,1-3H3,(H,11,12). The van der Waals surface area contributed by atoms with Gasteiger partial charge in [-0.25, -0.2) is 9.59 Å². The third-order valence-corrected chi connectivity index (χ3v) is 1.53. The van der Waals surface area contributed by atoms with Crippen molar-refractivity contribution in [3.63, 3.8) is 0 Å². The lowest BCUT2D eigenvalue weighted by atomic mass is 10.1. The second kappa shape index (κ2) is 5.96. The molecule has 0 saturated carbocycles. The summed E-state index contributed by atoms with van der Waals surface area (Å²) in [6.07, 6.45) is 2.81. The number of aliphatic carboxylic acids is 1. The van der Waals surface area contributed by atoms with Crippen molar-refractivity contribution >= 4 is 11.9 Å². The van der Waals surface area contributed by atoms with E-state index in [0.29, 0.717) is 0 Å². The number of carboxylic acid groups (broad SMARTS) is 1. The molecule has 0 amide bonds. The van der Waals surface area contributed by atoms with Crippen LogP contribution in [0.25, 0.3) is 0 Å². The highest BCUT2D eigenvalue weighted by atomic mass is 16.5. The Morgan fingerprint density at radius 2 is 2.00 bits per heavy atom. The molecule has 78 valence electrons. The maximum atomic E-state index is 11.2. The summed E-state index contributed by atoms with van der Waals surface area (Å²) >= 11 is 0. The summed E-state index contributed by atoms with van der Waals surface area (Å²) in [6.45, 7) is 5.04. The summed E-state index contributed by atoms with van der Waals surface area (Å²) in [4.78, 5) is 21.7. The predicted molar refractivity (Wildman–Crippen MR) is 51.8 cm³/mol. The van der Waals surface area contributed by atoms with Crippen LogP contribution < -0.4 is 0 Å². The van der Waals surface area contributed by atoms with Gasteiger partial charge in [0.1, 0.15) is 0 Å². The van der Waals surface area contributed by atoms with Gasteiger partial charge in [-0.3, -0.25) is 0 Å². The van der Waals surface area contributed by atoms with E-state index in [2.05, 4.69) is 0 Å². The summed E-state index contributed by atoms with van der Waals surface area (Å²) in [6, 6.07) is 0. The van der Waals surface area contributed by atoms with Crippen LogP contribution in [0.1, 0.15) is 20.8 Å². The van der Waals surface area contributed by atoms with Crippen LogP contribution in [0.4, 0.5) is 0 Å². The Hall–Kier alpha value is -1.58. The van der Waals surface area contributed by atoms with E-state index in [-0.39, 0.29) is 17.8 Å². The number of rotatable bonds is 4. The molecule has 0 rings (SSSR count). The zero-order valence-electron chi connectivity index (χ0n) is 8.53. The van der Waals surface area contributed by atoms with Crippen LogP contribution in [0, 0.1) is 0 Å². The first-order valence-electron chi connectivity index (χ1n) is 4.28. The third-order valence-electron chi connectivity index (χ3n) is 1.53. The summed E-state index contributed by atoms with van der Waals surface area (Å²) in [5.74, 6) is -1.55. The second-order valence-corrected chi connectivity index (χ2v) is 2.60. The molecule has 0 spiro atoms. The molecule has 0 aromatic heterocycles. The van der Waals surface area contributed by atoms with Gasteiger partial charge < -0.3 is 9.84 Å². The van der Waals surface area contributed by atoms with Crippen LogP contribution in [0.3, 0.4) is 0 Å². The monoisotopic (exact) mass is 198 g/mol. The van der Waals surface area contributed by atoms with Gasteiger partial charge in [0, 0.05) is 5.57 Å². The van der Waals surface area contributed by atoms with Crippen molar-refractivity contribution in [1.29, 1.82) is 0 Å². The molecule has 0 radical (unpaired) electrons. The van der Waals surface area contributed by atoms with E-state index in [9.17, 15) is 9.59 Å². The Bertz CT molecular complexity index is 286. The van der Waals surface area contributed by atoms with Crippen LogP contribution in [-0.4, -0.2) is 23.7 Å². The fourth-order valence-electron chi connectivity index (χ4n) is 0.770. The molecule has 0 fully saturated rings. The van der Waals surface area contributed by atoms with E-state index >= 15 is 0 Å². The third kappa shape index (κ3) is 3.89. The number of carbonyl (C=O) groups is 2. The van der Waals surface area contributed by atoms with Gasteiger partial charge in [-0.15, -0.1) is 0 Å². The van der Waals surface area contributed by atoms with Crippen molar-refractivity contribution in [3.05, 3.63) is 23.3 Å². The first-order chi connectivity index (χ1) is 6.52. The minimum atomic E-state index is -1.05. The van der Waals surface area contributed by atoms with Gasteiger partial charge in [-0.05, 0) is 26.8 Å². The molecule has 0 aromatic rings. The molecule has 0 aliphatic rings. The Morgan fingerprint density at radius 1 is 1.43 bits per heavy atom. The number of carboxylic acids is 1. The van der Waals surface area contributed by atoms with Crippen molar-refractivity contribution in [3.8, 4) is 0 Å². The minimum Gasteiger partial charge on any atom is -0.478 e. The summed E-state index contributed by atoms with van der Waals surface area (Å²) < 4.78 is 4.73. The molecule has 0 aliphatic carbocycles. The highest BCUT2D eigenvalue weighted by Gasteiger charge is 2.09. The molecule has 4 heteroatoms. The molecular formula is C10H14O4. The first kappa shape index (κ1) is 12.4. The topological polar surface area (TPSA) is 63.6 Å². The van der Waals surface area contributed by atoms with Gasteiger partial charge in [0.2, 0.25) is 0 Å². The lowest BCUT2D eigenvalue weighted by Gasteiger charge is -2.02. The van der Waals surface area contributed by atoms with Crippen molar-refractivity contribution in [2.45, 2.75) is 20.8 Å². The number of carbonyl (C=O) groups excluding carboxylic acids is 1. The average Bonchev–Trinajstić information content (AvgIpc) is 2.13. The molecule has 0 saturated heterocycles. The van der Waals surface area contributed by atoms with Crippen molar-refractivity contribution in [2.24, 2.45) is 0 Å². The molecule has 0 aromatic carbocycles. The lowest BCUT2D eigenvalue weighted by Crippen LogP contribution is -2.07. The van der Waals surface area contributed by atoms with E-state index in [0.717, 1.165) is 0 Å². The predicted octanol–water partition coefficient (Wildman–Crippen LogP) is 1.53. The maximum absolute atomic E-state index is 11.2. The van der Waals surface area contributed by atoms with Crippen LogP contribution in [0.15, 0.2) is 23.3 Å². The van der Waals surface area contributed by atoms with E-state index < -0.39 is 11.9 Å². The van der Waals surface area contributed by atoms with Crippen LogP contribution in [-0.2, 0) is 14.3 Å². The minimum absolute atomic E-state index is 0.103. The second-order valence-electron chi connectivity index (χ2n) is 2.60. The Morgan fingerprint density at radius 3 is 2.36 bits per heavy atom. The van der Waals surface area contributed by atoms with Gasteiger partial charge in [0.05, 0.1) is 12.2 Å². The smallest absolute Gasteiger partial charge is 0.337 e. The average molecular weight is 198 g/mol. The summed E-state index contributed by atoms with van der Waals surface area (Å²) in [5.41, 5.74) is 0.359. The molecule has 0 aliphatic heterocycles. The fourth-order valence-corrected chi connectivity index (χ4v) is 0.770. The Kier molecular flexibility index (Phi) is 5.29. The van der Waals surface area contributed by atoms with E-state index in [4.69, 9.17) is 9.84 Å². The quantitative estimate of drug-likeness (QED) is 0.422. The highest BCUT2D eigenvalue weighted by molar-refractivity contribution is 5.95. The first-order valence-corrected chi connectivity index (χ1v) is 4.28. The van der Waals surface area contributed by atoms with Gasteiger partial charge in [0.15, 0.2) is 0 Å². The van der Waals surface area contributed by atoms with Crippen LogP contribution in [0.2, 0.25) is 0 Å². The lowest BCUT2D eigenvalue weighted by molar-refractivity contribution is -0.138. The van der Waals surface area contributed by atoms with Crippen LogP contribution in [0.5, 0.6) is 0 Å². The molecule has 0 heterocycles. The van der Waals surface area contributed by atoms with E-state index in [1.165, 1.54) is 19.1 Å². The fraction of sp³-hybridized carbons (Fsp3) is 0.400. The van der Waals surface area contributed by atoms with Crippen molar-refractivity contribution < 1.29 is 19.4 Å². The van der Waals surface area contributed by atoms with Gasteiger partial charge in [-0.2, -0.15) is 0 Å². The van der Waals surface area contributed by atoms with Gasteiger partial charge in [-0.1, -0.05) is 6.08 Å². The maximum Gasteiger partial charge on any atom is 0.337 e. The molecule has 0 unspecified atom stereocenters. The van der Waals surface area contributed by atoms with E-state index in [1.54, 1.807) is 13.8 Å². The number of hydrogen-bond donors (Lipinski definition) is 1. The zero-order chi connectivity index (χ0) is 11.1. The molecular weight excluding hydrogens is 184 g/mol. The number of esters is 1. The molecule has 1 N–H and O–H groups in total. The molecule has 4 nitrogen and oxygen atoms in total. The van der Waals surface area contributed by atoms with Crippen molar-refractivity contribution in [1.82, 2.24) is 0 Å². The zero-order valence-corrected chi connectivity index (χ0v) is 8.53. The molecule has 0 atom stereocenters. The van der Waals surface area contributed by atoms with Gasteiger partial charge in [0.25, 0.3) is 0 Å². The van der Waals surface area contributed by atoms with Crippen molar-refractivity contribution in [2.75, 3.05) is 6.61 Å². The molecule has 0 bridgehead atoms.